The number of thioether (sulfide) groups is 1. The van der Waals surface area contributed by atoms with Gasteiger partial charge in [-0.15, -0.1) is 0 Å². The number of ether oxygens (including phenoxy) is 1. The number of rotatable bonds is 7. The van der Waals surface area contributed by atoms with Crippen LogP contribution in [0.4, 0.5) is 0 Å². The molecule has 0 saturated carbocycles. The highest BCUT2D eigenvalue weighted by molar-refractivity contribution is 7.99. The van der Waals surface area contributed by atoms with Crippen LogP contribution in [-0.4, -0.2) is 24.4 Å². The molecule has 0 aliphatic carbocycles. The van der Waals surface area contributed by atoms with E-state index >= 15 is 0 Å². The summed E-state index contributed by atoms with van der Waals surface area (Å²) in [5.41, 5.74) is 0.737. The van der Waals surface area contributed by atoms with Gasteiger partial charge in [-0.05, 0) is 23.8 Å². The maximum Gasteiger partial charge on any atom is 0.172 e. The van der Waals surface area contributed by atoms with Crippen LogP contribution in [-0.2, 0) is 0 Å². The van der Waals surface area contributed by atoms with Crippen molar-refractivity contribution in [3.63, 3.8) is 0 Å². The molecule has 94 valence electrons. The lowest BCUT2D eigenvalue weighted by Crippen LogP contribution is -2.05. The van der Waals surface area contributed by atoms with Gasteiger partial charge in [0.25, 0.3) is 0 Å². The zero-order valence-electron chi connectivity index (χ0n) is 10.7. The summed E-state index contributed by atoms with van der Waals surface area (Å²) in [6.07, 6.45) is 1.17. The first kappa shape index (κ1) is 14.1. The van der Waals surface area contributed by atoms with Crippen LogP contribution >= 0.6 is 11.8 Å². The van der Waals surface area contributed by atoms with Crippen molar-refractivity contribution in [1.29, 1.82) is 0 Å². The number of hydrogen-bond acceptors (Lipinski definition) is 3. The zero-order valence-corrected chi connectivity index (χ0v) is 11.5. The Morgan fingerprint density at radius 3 is 2.88 bits per heavy atom. The van der Waals surface area contributed by atoms with Gasteiger partial charge in [-0.3, -0.25) is 4.79 Å². The van der Waals surface area contributed by atoms with Gasteiger partial charge in [0.05, 0.1) is 12.9 Å². The Balaban J connectivity index is 2.46. The molecule has 0 aliphatic heterocycles. The number of hydrogen-bond donors (Lipinski definition) is 0. The number of ketones is 1. The summed E-state index contributed by atoms with van der Waals surface area (Å²) in [4.78, 5) is 11.9. The molecule has 0 bridgehead atoms. The zero-order chi connectivity index (χ0) is 12.7. The molecule has 1 unspecified atom stereocenters. The average molecular weight is 252 g/mol. The average Bonchev–Trinajstić information content (AvgIpc) is 2.38. The molecular weight excluding hydrogens is 232 g/mol. The lowest BCUT2D eigenvalue weighted by atomic mass is 10.1. The molecule has 0 aliphatic rings. The van der Waals surface area contributed by atoms with E-state index in [2.05, 4.69) is 13.8 Å². The normalized spacial score (nSPS) is 12.2. The molecule has 0 heterocycles. The van der Waals surface area contributed by atoms with Crippen molar-refractivity contribution in [2.45, 2.75) is 20.3 Å². The summed E-state index contributed by atoms with van der Waals surface area (Å²) in [6.45, 7) is 4.39. The van der Waals surface area contributed by atoms with Crippen LogP contribution in [0.1, 0.15) is 30.6 Å². The summed E-state index contributed by atoms with van der Waals surface area (Å²) in [7, 11) is 1.61. The summed E-state index contributed by atoms with van der Waals surface area (Å²) < 4.78 is 5.11. The van der Waals surface area contributed by atoms with Gasteiger partial charge in [0.1, 0.15) is 5.75 Å². The highest BCUT2D eigenvalue weighted by Crippen LogP contribution is 2.16. The summed E-state index contributed by atoms with van der Waals surface area (Å²) in [5, 5.41) is 0. The van der Waals surface area contributed by atoms with Crippen LogP contribution in [0.25, 0.3) is 0 Å². The maximum atomic E-state index is 11.9. The lowest BCUT2D eigenvalue weighted by Gasteiger charge is -2.07. The van der Waals surface area contributed by atoms with Gasteiger partial charge in [0.2, 0.25) is 0 Å². The molecule has 0 saturated heterocycles. The van der Waals surface area contributed by atoms with E-state index in [1.54, 1.807) is 24.9 Å². The number of Topliss-reactive ketones (excluding diaryl/α,β-unsaturated/α-hetero) is 1. The molecule has 0 spiro atoms. The topological polar surface area (TPSA) is 26.3 Å². The highest BCUT2D eigenvalue weighted by Gasteiger charge is 2.08. The summed E-state index contributed by atoms with van der Waals surface area (Å²) in [5.74, 6) is 3.20. The SMILES string of the molecule is CCC(C)CSCC(=O)c1cccc(OC)c1. The molecular formula is C14H20O2S. The Morgan fingerprint density at radius 1 is 1.47 bits per heavy atom. The first-order chi connectivity index (χ1) is 8.17. The van der Waals surface area contributed by atoms with Gasteiger partial charge in [0, 0.05) is 5.56 Å². The Kier molecular flexibility index (Phi) is 6.12. The first-order valence-electron chi connectivity index (χ1n) is 5.92. The van der Waals surface area contributed by atoms with Crippen molar-refractivity contribution >= 4 is 17.5 Å². The standard InChI is InChI=1S/C14H20O2S/c1-4-11(2)9-17-10-14(15)12-6-5-7-13(8-12)16-3/h5-8,11H,4,9-10H2,1-3H3. The molecule has 0 aromatic heterocycles. The van der Waals surface area contributed by atoms with Crippen LogP contribution in [0, 0.1) is 5.92 Å². The van der Waals surface area contributed by atoms with Gasteiger partial charge in [-0.2, -0.15) is 11.8 Å². The van der Waals surface area contributed by atoms with Crippen molar-refractivity contribution in [2.24, 2.45) is 5.92 Å². The van der Waals surface area contributed by atoms with Crippen LogP contribution in [0.3, 0.4) is 0 Å². The van der Waals surface area contributed by atoms with Crippen LogP contribution in [0.15, 0.2) is 24.3 Å². The first-order valence-corrected chi connectivity index (χ1v) is 7.07. The third-order valence-electron chi connectivity index (χ3n) is 2.72. The Bertz CT molecular complexity index is 363. The molecule has 1 rings (SSSR count). The van der Waals surface area contributed by atoms with E-state index in [9.17, 15) is 4.79 Å². The third kappa shape index (κ3) is 4.82. The Labute approximate surface area is 108 Å². The minimum atomic E-state index is 0.178. The van der Waals surface area contributed by atoms with Gasteiger partial charge >= 0.3 is 0 Å². The Morgan fingerprint density at radius 2 is 2.24 bits per heavy atom. The molecule has 0 radical (unpaired) electrons. The second-order valence-corrected chi connectivity index (χ2v) is 5.21. The van der Waals surface area contributed by atoms with E-state index in [4.69, 9.17) is 4.74 Å². The highest BCUT2D eigenvalue weighted by atomic mass is 32.2. The lowest BCUT2D eigenvalue weighted by molar-refractivity contribution is 0.102. The van der Waals surface area contributed by atoms with E-state index < -0.39 is 0 Å². The fourth-order valence-electron chi connectivity index (χ4n) is 1.35. The summed E-state index contributed by atoms with van der Waals surface area (Å²) >= 11 is 1.71. The molecule has 1 aromatic rings. The number of carbonyl (C=O) groups excluding carboxylic acids is 1. The van der Waals surface area contributed by atoms with Crippen LogP contribution in [0.5, 0.6) is 5.75 Å². The van der Waals surface area contributed by atoms with Crippen molar-refractivity contribution < 1.29 is 9.53 Å². The number of methoxy groups -OCH3 is 1. The second-order valence-electron chi connectivity index (χ2n) is 4.18. The van der Waals surface area contributed by atoms with Crippen molar-refractivity contribution in [3.05, 3.63) is 29.8 Å². The monoisotopic (exact) mass is 252 g/mol. The van der Waals surface area contributed by atoms with Crippen LogP contribution < -0.4 is 4.74 Å². The van der Waals surface area contributed by atoms with E-state index in [0.29, 0.717) is 11.7 Å². The van der Waals surface area contributed by atoms with Gasteiger partial charge in [0.15, 0.2) is 5.78 Å². The smallest absolute Gasteiger partial charge is 0.172 e. The van der Waals surface area contributed by atoms with E-state index in [-0.39, 0.29) is 5.78 Å². The number of carbonyl (C=O) groups is 1. The van der Waals surface area contributed by atoms with Gasteiger partial charge in [-0.1, -0.05) is 32.4 Å². The van der Waals surface area contributed by atoms with E-state index in [1.807, 2.05) is 18.2 Å². The van der Waals surface area contributed by atoms with E-state index in [1.165, 1.54) is 6.42 Å². The largest absolute Gasteiger partial charge is 0.497 e. The second kappa shape index (κ2) is 7.38. The minimum absolute atomic E-state index is 0.178. The predicted octanol–water partition coefficient (Wildman–Crippen LogP) is 3.66. The predicted molar refractivity (Wildman–Crippen MR) is 74.1 cm³/mol. The van der Waals surface area contributed by atoms with Gasteiger partial charge < -0.3 is 4.74 Å². The fourth-order valence-corrected chi connectivity index (χ4v) is 2.46. The van der Waals surface area contributed by atoms with E-state index in [0.717, 1.165) is 17.1 Å². The molecule has 3 heteroatoms. The minimum Gasteiger partial charge on any atom is -0.497 e. The maximum absolute atomic E-state index is 11.9. The molecule has 0 N–H and O–H groups in total. The van der Waals surface area contributed by atoms with Crippen molar-refractivity contribution in [3.8, 4) is 5.75 Å². The molecule has 0 fully saturated rings. The fraction of sp³-hybridized carbons (Fsp3) is 0.500. The van der Waals surface area contributed by atoms with Crippen molar-refractivity contribution in [1.82, 2.24) is 0 Å². The quantitative estimate of drug-likeness (QED) is 0.693. The summed E-state index contributed by atoms with van der Waals surface area (Å²) in [6, 6.07) is 7.34. The third-order valence-corrected chi connectivity index (χ3v) is 4.00. The molecule has 2 nitrogen and oxygen atoms in total. The molecule has 1 aromatic carbocycles. The molecule has 0 amide bonds. The number of benzene rings is 1. The van der Waals surface area contributed by atoms with Gasteiger partial charge in [-0.25, -0.2) is 0 Å². The molecule has 17 heavy (non-hydrogen) atoms. The van der Waals surface area contributed by atoms with Crippen molar-refractivity contribution in [2.75, 3.05) is 18.6 Å². The Hall–Kier alpha value is -0.960. The van der Waals surface area contributed by atoms with Crippen LogP contribution in [0.2, 0.25) is 0 Å². The molecule has 1 atom stereocenters.